The van der Waals surface area contributed by atoms with Gasteiger partial charge in [0.05, 0.1) is 45.2 Å². The third kappa shape index (κ3) is 5.55. The van der Waals surface area contributed by atoms with Gasteiger partial charge in [0, 0.05) is 28.3 Å². The van der Waals surface area contributed by atoms with E-state index in [-0.39, 0.29) is 0 Å². The summed E-state index contributed by atoms with van der Waals surface area (Å²) in [4.78, 5) is 4.75. The van der Waals surface area contributed by atoms with Crippen molar-refractivity contribution in [2.24, 2.45) is 0 Å². The first kappa shape index (κ1) is 35.9. The summed E-state index contributed by atoms with van der Waals surface area (Å²) in [5, 5.41) is 0. The number of rotatable bonds is 10. The molecule has 0 amide bonds. The molecule has 0 atom stereocenters. The van der Waals surface area contributed by atoms with E-state index in [0.29, 0.717) is 0 Å². The average molecular weight is 771 g/mol. The predicted molar refractivity (Wildman–Crippen MR) is 238 cm³/mol. The Morgan fingerprint density at radius 3 is 1.00 bits per heavy atom. The number of fused-ring (bicyclic) bond motifs is 10. The van der Waals surface area contributed by atoms with E-state index in [4.69, 9.17) is 18.9 Å². The Hall–Kier alpha value is -7.44. The maximum Gasteiger partial charge on any atom is 0.119 e. The van der Waals surface area contributed by atoms with Gasteiger partial charge >= 0.3 is 0 Å². The standard InChI is InChI=1S/C53H42N2O4/c1-56-39-25-17-35(18-26-39)54(36-19-27-40(57-2)28-20-36)50-34-33-46-45-13-7-10-16-49(45)53(47-14-8-5-11-43(47)44-12-6-9-15-48(44)53)51(46)52(50)55(37-21-29-41(58-3)30-22-37)38-23-31-42(59-4)32-24-38/h5-34H,1-4H3. The van der Waals surface area contributed by atoms with Crippen molar-refractivity contribution in [2.45, 2.75) is 5.41 Å². The SMILES string of the molecule is COc1ccc(N(c2ccc(OC)cc2)c2ccc3c(c2N(c2ccc(OC)cc2)c2ccc(OC)cc2)C2(c4ccccc4-c4ccccc42)c2ccccc2-3)cc1. The molecule has 0 bridgehead atoms. The molecule has 6 heteroatoms. The molecule has 0 unspecified atom stereocenters. The molecule has 2 aliphatic rings. The van der Waals surface area contributed by atoms with Crippen molar-refractivity contribution < 1.29 is 18.9 Å². The number of nitrogens with zero attached hydrogens (tertiary/aromatic N) is 2. The van der Waals surface area contributed by atoms with E-state index in [1.165, 1.54) is 44.5 Å². The van der Waals surface area contributed by atoms with Crippen molar-refractivity contribution in [3.8, 4) is 45.3 Å². The van der Waals surface area contributed by atoms with E-state index < -0.39 is 5.41 Å². The van der Waals surface area contributed by atoms with Crippen LogP contribution in [0.4, 0.5) is 34.1 Å². The predicted octanol–water partition coefficient (Wildman–Crippen LogP) is 13.0. The molecule has 0 radical (unpaired) electrons. The highest BCUT2D eigenvalue weighted by Gasteiger charge is 2.54. The number of ether oxygens (including phenoxy) is 4. The third-order valence-electron chi connectivity index (χ3n) is 11.9. The number of hydrogen-bond donors (Lipinski definition) is 0. The van der Waals surface area contributed by atoms with Crippen LogP contribution in [0, 0.1) is 0 Å². The van der Waals surface area contributed by atoms with Crippen LogP contribution < -0.4 is 28.7 Å². The Bertz CT molecular complexity index is 2660. The summed E-state index contributed by atoms with van der Waals surface area (Å²) >= 11 is 0. The smallest absolute Gasteiger partial charge is 0.119 e. The molecule has 0 aliphatic heterocycles. The van der Waals surface area contributed by atoms with Gasteiger partial charge in [-0.3, -0.25) is 0 Å². The maximum absolute atomic E-state index is 5.71. The Labute approximate surface area is 345 Å². The highest BCUT2D eigenvalue weighted by Crippen LogP contribution is 2.67. The van der Waals surface area contributed by atoms with Gasteiger partial charge in [-0.2, -0.15) is 0 Å². The molecule has 8 aromatic carbocycles. The van der Waals surface area contributed by atoms with Gasteiger partial charge in [0.15, 0.2) is 0 Å². The Kier molecular flexibility index (Phi) is 8.83. The van der Waals surface area contributed by atoms with Gasteiger partial charge in [-0.1, -0.05) is 78.9 Å². The van der Waals surface area contributed by atoms with Crippen molar-refractivity contribution >= 4 is 34.1 Å². The lowest BCUT2D eigenvalue weighted by Crippen LogP contribution is -2.29. The van der Waals surface area contributed by atoms with Crippen LogP contribution in [0.5, 0.6) is 23.0 Å². The van der Waals surface area contributed by atoms with Crippen molar-refractivity contribution in [1.29, 1.82) is 0 Å². The van der Waals surface area contributed by atoms with E-state index in [0.717, 1.165) is 57.1 Å². The van der Waals surface area contributed by atoms with E-state index in [1.54, 1.807) is 28.4 Å². The number of hydrogen-bond acceptors (Lipinski definition) is 6. The molecule has 0 saturated carbocycles. The van der Waals surface area contributed by atoms with Crippen LogP contribution in [-0.2, 0) is 5.41 Å². The summed E-state index contributed by atoms with van der Waals surface area (Å²) < 4.78 is 22.8. The third-order valence-corrected chi connectivity index (χ3v) is 11.9. The summed E-state index contributed by atoms with van der Waals surface area (Å²) in [7, 11) is 6.81. The highest BCUT2D eigenvalue weighted by molar-refractivity contribution is 6.04. The zero-order chi connectivity index (χ0) is 40.1. The summed E-state index contributed by atoms with van der Waals surface area (Å²) in [5.41, 5.74) is 15.1. The lowest BCUT2D eigenvalue weighted by atomic mass is 9.69. The minimum atomic E-state index is -0.660. The van der Waals surface area contributed by atoms with Crippen LogP contribution in [0.2, 0.25) is 0 Å². The largest absolute Gasteiger partial charge is 0.497 e. The van der Waals surface area contributed by atoms with Crippen LogP contribution in [0.15, 0.2) is 182 Å². The molecule has 0 N–H and O–H groups in total. The topological polar surface area (TPSA) is 43.4 Å². The molecule has 0 saturated heterocycles. The van der Waals surface area contributed by atoms with Crippen LogP contribution in [0.3, 0.4) is 0 Å². The van der Waals surface area contributed by atoms with Gasteiger partial charge in [-0.25, -0.2) is 0 Å². The van der Waals surface area contributed by atoms with Crippen molar-refractivity contribution in [3.05, 3.63) is 204 Å². The molecule has 10 rings (SSSR count). The van der Waals surface area contributed by atoms with E-state index in [2.05, 4.69) is 143 Å². The monoisotopic (exact) mass is 770 g/mol. The molecule has 8 aromatic rings. The van der Waals surface area contributed by atoms with Crippen LogP contribution in [-0.4, -0.2) is 28.4 Å². The van der Waals surface area contributed by atoms with Gasteiger partial charge < -0.3 is 28.7 Å². The molecule has 0 aromatic heterocycles. The Balaban J connectivity index is 1.39. The summed E-state index contributed by atoms with van der Waals surface area (Å²) in [6, 6.07) is 64.7. The second kappa shape index (κ2) is 14.5. The zero-order valence-corrected chi connectivity index (χ0v) is 33.3. The van der Waals surface area contributed by atoms with Gasteiger partial charge in [-0.05, 0) is 142 Å². The second-order valence-corrected chi connectivity index (χ2v) is 14.7. The fraction of sp³-hybridized carbons (Fsp3) is 0.0943. The fourth-order valence-corrected chi connectivity index (χ4v) is 9.32. The molecule has 59 heavy (non-hydrogen) atoms. The van der Waals surface area contributed by atoms with Gasteiger partial charge in [-0.15, -0.1) is 0 Å². The van der Waals surface area contributed by atoms with Crippen molar-refractivity contribution in [2.75, 3.05) is 38.2 Å². The van der Waals surface area contributed by atoms with E-state index in [1.807, 2.05) is 48.5 Å². The zero-order valence-electron chi connectivity index (χ0n) is 33.3. The van der Waals surface area contributed by atoms with Gasteiger partial charge in [0.1, 0.15) is 23.0 Å². The summed E-state index contributed by atoms with van der Waals surface area (Å²) in [6.45, 7) is 0. The summed E-state index contributed by atoms with van der Waals surface area (Å²) in [6.07, 6.45) is 0. The molecular weight excluding hydrogens is 729 g/mol. The minimum absolute atomic E-state index is 0.660. The molecule has 0 fully saturated rings. The van der Waals surface area contributed by atoms with E-state index >= 15 is 0 Å². The first-order chi connectivity index (χ1) is 29.1. The molecule has 1 spiro atoms. The lowest BCUT2D eigenvalue weighted by molar-refractivity contribution is 0.414. The lowest BCUT2D eigenvalue weighted by Gasteiger charge is -2.39. The van der Waals surface area contributed by atoms with Gasteiger partial charge in [0.25, 0.3) is 0 Å². The normalized spacial score (nSPS) is 12.5. The quantitative estimate of drug-likeness (QED) is 0.138. The van der Waals surface area contributed by atoms with Crippen molar-refractivity contribution in [3.63, 3.8) is 0 Å². The molecule has 288 valence electrons. The van der Waals surface area contributed by atoms with Crippen LogP contribution >= 0.6 is 0 Å². The van der Waals surface area contributed by atoms with Crippen LogP contribution in [0.1, 0.15) is 22.3 Å². The van der Waals surface area contributed by atoms with Gasteiger partial charge in [0.2, 0.25) is 0 Å². The second-order valence-electron chi connectivity index (χ2n) is 14.7. The first-order valence-corrected chi connectivity index (χ1v) is 19.7. The fourth-order valence-electron chi connectivity index (χ4n) is 9.32. The number of benzene rings is 8. The molecule has 2 aliphatic carbocycles. The molecule has 0 heterocycles. The molecular formula is C53H42N2O4. The Morgan fingerprint density at radius 1 is 0.322 bits per heavy atom. The minimum Gasteiger partial charge on any atom is -0.497 e. The average Bonchev–Trinajstić information content (AvgIpc) is 3.78. The highest BCUT2D eigenvalue weighted by atomic mass is 16.5. The van der Waals surface area contributed by atoms with Crippen LogP contribution in [0.25, 0.3) is 22.3 Å². The number of anilines is 6. The first-order valence-electron chi connectivity index (χ1n) is 19.7. The van der Waals surface area contributed by atoms with Crippen molar-refractivity contribution in [1.82, 2.24) is 0 Å². The maximum atomic E-state index is 5.71. The summed E-state index contributed by atoms with van der Waals surface area (Å²) in [5.74, 6) is 3.12. The Morgan fingerprint density at radius 2 is 0.644 bits per heavy atom. The molecule has 6 nitrogen and oxygen atoms in total. The van der Waals surface area contributed by atoms with E-state index in [9.17, 15) is 0 Å². The number of methoxy groups -OCH3 is 4.